The lowest BCUT2D eigenvalue weighted by molar-refractivity contribution is -0.154. The Morgan fingerprint density at radius 3 is 2.83 bits per heavy atom. The van der Waals surface area contributed by atoms with Gasteiger partial charge in [-0.25, -0.2) is 9.18 Å². The number of esters is 1. The molecule has 1 aromatic rings. The average Bonchev–Trinajstić information content (AvgIpc) is 3.05. The maximum absolute atomic E-state index is 13.5. The van der Waals surface area contributed by atoms with Gasteiger partial charge in [0.05, 0.1) is 18.2 Å². The Balaban J connectivity index is 1.53. The molecule has 2 heterocycles. The number of halogens is 1. The highest BCUT2D eigenvalue weighted by Crippen LogP contribution is 2.29. The molecule has 0 bridgehead atoms. The van der Waals surface area contributed by atoms with Crippen molar-refractivity contribution in [2.24, 2.45) is 5.92 Å². The molecular weight excluding hydrogens is 317 g/mol. The molecule has 7 nitrogen and oxygen atoms in total. The molecule has 0 aromatic carbocycles. The van der Waals surface area contributed by atoms with Crippen LogP contribution in [0.25, 0.3) is 0 Å². The van der Waals surface area contributed by atoms with Gasteiger partial charge in [0, 0.05) is 0 Å². The van der Waals surface area contributed by atoms with Crippen LogP contribution in [0, 0.1) is 11.7 Å². The molecule has 2 N–H and O–H groups in total. The molecule has 8 heteroatoms. The second-order valence-electron chi connectivity index (χ2n) is 6.42. The highest BCUT2D eigenvalue weighted by molar-refractivity contribution is 5.72. The van der Waals surface area contributed by atoms with Crippen molar-refractivity contribution in [1.29, 1.82) is 0 Å². The molecular formula is C16H22FN3O4. The third kappa shape index (κ3) is 3.75. The lowest BCUT2D eigenvalue weighted by atomic mass is 9.89. The van der Waals surface area contributed by atoms with E-state index in [0.717, 1.165) is 36.4 Å². The summed E-state index contributed by atoms with van der Waals surface area (Å²) in [6.07, 6.45) is 6.34. The summed E-state index contributed by atoms with van der Waals surface area (Å²) in [5, 5.41) is 0. The summed E-state index contributed by atoms with van der Waals surface area (Å²) >= 11 is 0. The van der Waals surface area contributed by atoms with Crippen molar-refractivity contribution in [2.75, 3.05) is 12.3 Å². The van der Waals surface area contributed by atoms with Gasteiger partial charge in [0.15, 0.2) is 11.6 Å². The average molecular weight is 339 g/mol. The molecule has 0 spiro atoms. The molecule has 0 amide bonds. The van der Waals surface area contributed by atoms with Crippen molar-refractivity contribution in [2.45, 2.75) is 57.3 Å². The number of aromatic nitrogens is 2. The summed E-state index contributed by atoms with van der Waals surface area (Å²) < 4.78 is 25.7. The van der Waals surface area contributed by atoms with Crippen LogP contribution < -0.4 is 11.4 Å². The maximum Gasteiger partial charge on any atom is 0.351 e. The van der Waals surface area contributed by atoms with E-state index in [2.05, 4.69) is 4.98 Å². The Bertz CT molecular complexity index is 657. The van der Waals surface area contributed by atoms with E-state index in [9.17, 15) is 14.0 Å². The minimum atomic E-state index is -0.759. The first-order valence-electron chi connectivity index (χ1n) is 8.41. The Morgan fingerprint density at radius 1 is 1.33 bits per heavy atom. The first-order valence-corrected chi connectivity index (χ1v) is 8.41. The number of nitrogen functional groups attached to an aromatic ring is 1. The van der Waals surface area contributed by atoms with Crippen LogP contribution in [0.5, 0.6) is 0 Å². The molecule has 0 unspecified atom stereocenters. The van der Waals surface area contributed by atoms with Gasteiger partial charge in [-0.15, -0.1) is 0 Å². The van der Waals surface area contributed by atoms with Crippen molar-refractivity contribution < 1.29 is 18.7 Å². The Morgan fingerprint density at radius 2 is 2.08 bits per heavy atom. The predicted molar refractivity (Wildman–Crippen MR) is 83.5 cm³/mol. The zero-order valence-electron chi connectivity index (χ0n) is 13.4. The molecule has 3 rings (SSSR count). The number of anilines is 1. The van der Waals surface area contributed by atoms with Crippen LogP contribution >= 0.6 is 0 Å². The molecule has 1 aromatic heterocycles. The van der Waals surface area contributed by atoms with Crippen LogP contribution in [0.3, 0.4) is 0 Å². The SMILES string of the molecule is Nc1nc(=O)n([C@H]2CC[C@@H](COC(=O)C3CCCCC3)O2)cc1F. The molecule has 2 aliphatic rings. The molecule has 132 valence electrons. The maximum atomic E-state index is 13.5. The number of hydrogen-bond donors (Lipinski definition) is 1. The van der Waals surface area contributed by atoms with Crippen molar-refractivity contribution in [1.82, 2.24) is 9.55 Å². The first-order chi connectivity index (χ1) is 11.5. The molecule has 1 saturated heterocycles. The molecule has 24 heavy (non-hydrogen) atoms. The summed E-state index contributed by atoms with van der Waals surface area (Å²) in [4.78, 5) is 27.3. The van der Waals surface area contributed by atoms with E-state index in [-0.39, 0.29) is 24.6 Å². The number of carbonyl (C=O) groups excluding carboxylic acids is 1. The lowest BCUT2D eigenvalue weighted by Gasteiger charge is -2.21. The Labute approximate surface area is 139 Å². The summed E-state index contributed by atoms with van der Waals surface area (Å²) in [5.74, 6) is -1.36. The fourth-order valence-electron chi connectivity index (χ4n) is 3.31. The highest BCUT2D eigenvalue weighted by Gasteiger charge is 2.30. The molecule has 1 aliphatic heterocycles. The van der Waals surface area contributed by atoms with E-state index in [0.29, 0.717) is 12.8 Å². The standard InChI is InChI=1S/C16H22FN3O4/c17-12-8-20(16(22)19-14(12)18)13-7-6-11(24-13)9-23-15(21)10-4-2-1-3-5-10/h8,10-11,13H,1-7,9H2,(H2,18,19,22)/t11-,13+/m0/s1. The van der Waals surface area contributed by atoms with Gasteiger partial charge < -0.3 is 15.2 Å². The van der Waals surface area contributed by atoms with Crippen LogP contribution in [0.4, 0.5) is 10.2 Å². The zero-order valence-corrected chi connectivity index (χ0v) is 13.4. The molecule has 1 aliphatic carbocycles. The van der Waals surface area contributed by atoms with Crippen molar-refractivity contribution in [3.05, 3.63) is 22.5 Å². The number of ether oxygens (including phenoxy) is 2. The van der Waals surface area contributed by atoms with Gasteiger partial charge in [-0.3, -0.25) is 9.36 Å². The first kappa shape index (κ1) is 16.9. The van der Waals surface area contributed by atoms with Crippen molar-refractivity contribution in [3.63, 3.8) is 0 Å². The second-order valence-corrected chi connectivity index (χ2v) is 6.42. The topological polar surface area (TPSA) is 96.4 Å². The smallest absolute Gasteiger partial charge is 0.351 e. The number of rotatable bonds is 4. The summed E-state index contributed by atoms with van der Waals surface area (Å²) in [6, 6.07) is 0. The summed E-state index contributed by atoms with van der Waals surface area (Å²) in [5.41, 5.74) is 4.62. The minimum Gasteiger partial charge on any atom is -0.463 e. The quantitative estimate of drug-likeness (QED) is 0.840. The number of carbonyl (C=O) groups is 1. The molecule has 1 saturated carbocycles. The van der Waals surface area contributed by atoms with Crippen molar-refractivity contribution >= 4 is 11.8 Å². The number of nitrogens with two attached hydrogens (primary N) is 1. The fourth-order valence-corrected chi connectivity index (χ4v) is 3.31. The largest absolute Gasteiger partial charge is 0.463 e. The zero-order chi connectivity index (χ0) is 17.1. The van der Waals surface area contributed by atoms with Gasteiger partial charge >= 0.3 is 11.7 Å². The van der Waals surface area contributed by atoms with Crippen LogP contribution in [-0.4, -0.2) is 28.2 Å². The van der Waals surface area contributed by atoms with Gasteiger partial charge in [-0.05, 0) is 25.7 Å². The number of hydrogen-bond acceptors (Lipinski definition) is 6. The second kappa shape index (κ2) is 7.29. The van der Waals surface area contributed by atoms with Gasteiger partial charge in [-0.1, -0.05) is 19.3 Å². The molecule has 0 radical (unpaired) electrons. The Kier molecular flexibility index (Phi) is 5.13. The van der Waals surface area contributed by atoms with Gasteiger partial charge in [0.25, 0.3) is 0 Å². The minimum absolute atomic E-state index is 0.00559. The van der Waals surface area contributed by atoms with E-state index >= 15 is 0 Å². The monoisotopic (exact) mass is 339 g/mol. The third-order valence-electron chi connectivity index (χ3n) is 4.68. The van der Waals surface area contributed by atoms with E-state index in [1.807, 2.05) is 0 Å². The fraction of sp³-hybridized carbons (Fsp3) is 0.688. The van der Waals surface area contributed by atoms with E-state index < -0.39 is 23.6 Å². The predicted octanol–water partition coefficient (Wildman–Crippen LogP) is 1.77. The summed E-state index contributed by atoms with van der Waals surface area (Å²) in [7, 11) is 0. The van der Waals surface area contributed by atoms with Crippen molar-refractivity contribution in [3.8, 4) is 0 Å². The van der Waals surface area contributed by atoms with Gasteiger partial charge in [0.2, 0.25) is 0 Å². The number of nitrogens with zero attached hydrogens (tertiary/aromatic N) is 2. The molecule has 2 atom stereocenters. The van der Waals surface area contributed by atoms with E-state index in [1.165, 1.54) is 6.42 Å². The summed E-state index contributed by atoms with van der Waals surface area (Å²) in [6.45, 7) is 0.158. The van der Waals surface area contributed by atoms with Crippen LogP contribution in [0.2, 0.25) is 0 Å². The van der Waals surface area contributed by atoms with Crippen LogP contribution in [-0.2, 0) is 14.3 Å². The van der Waals surface area contributed by atoms with Gasteiger partial charge in [-0.2, -0.15) is 4.98 Å². The molecule has 2 fully saturated rings. The van der Waals surface area contributed by atoms with E-state index in [1.54, 1.807) is 0 Å². The third-order valence-corrected chi connectivity index (χ3v) is 4.68. The highest BCUT2D eigenvalue weighted by atomic mass is 19.1. The van der Waals surface area contributed by atoms with Crippen LogP contribution in [0.15, 0.2) is 11.0 Å². The normalized spacial score (nSPS) is 24.9. The van der Waals surface area contributed by atoms with Gasteiger partial charge in [0.1, 0.15) is 12.8 Å². The Hall–Kier alpha value is -1.96. The lowest BCUT2D eigenvalue weighted by Crippen LogP contribution is -2.29. The van der Waals surface area contributed by atoms with Crippen LogP contribution in [0.1, 0.15) is 51.2 Å². The van der Waals surface area contributed by atoms with E-state index in [4.69, 9.17) is 15.2 Å².